The highest BCUT2D eigenvalue weighted by atomic mass is 35.5. The number of esters is 1. The lowest BCUT2D eigenvalue weighted by Crippen LogP contribution is -2.29. The molecule has 0 bridgehead atoms. The van der Waals surface area contributed by atoms with Crippen molar-refractivity contribution in [3.8, 4) is 5.75 Å². The summed E-state index contributed by atoms with van der Waals surface area (Å²) in [6.45, 7) is 1.52. The van der Waals surface area contributed by atoms with Crippen molar-refractivity contribution in [2.75, 3.05) is 12.4 Å². The van der Waals surface area contributed by atoms with Crippen LogP contribution in [0, 0.1) is 0 Å². The summed E-state index contributed by atoms with van der Waals surface area (Å²) in [5.41, 5.74) is 0.491. The van der Waals surface area contributed by atoms with Gasteiger partial charge in [-0.3, -0.25) is 4.79 Å². The minimum Gasteiger partial charge on any atom is -0.495 e. The number of ether oxygens (including phenoxy) is 2. The van der Waals surface area contributed by atoms with Gasteiger partial charge in [-0.15, -0.1) is 11.3 Å². The predicted octanol–water partition coefficient (Wildman–Crippen LogP) is 4.75. The summed E-state index contributed by atoms with van der Waals surface area (Å²) in [6.07, 6.45) is -0.950. The molecule has 1 heterocycles. The highest BCUT2D eigenvalue weighted by Gasteiger charge is 2.20. The number of rotatable bonds is 5. The molecule has 1 atom stereocenters. The van der Waals surface area contributed by atoms with E-state index in [2.05, 4.69) is 5.32 Å². The fourth-order valence-corrected chi connectivity index (χ4v) is 3.55. The van der Waals surface area contributed by atoms with Crippen molar-refractivity contribution in [3.63, 3.8) is 0 Å². The highest BCUT2D eigenvalue weighted by Crippen LogP contribution is 2.28. The summed E-state index contributed by atoms with van der Waals surface area (Å²) in [5, 5.41) is 4.01. The zero-order valence-electron chi connectivity index (χ0n) is 14.1. The molecule has 0 aliphatic carbocycles. The number of amides is 1. The fraction of sp³-hybridized carbons (Fsp3) is 0.158. The second-order valence-electron chi connectivity index (χ2n) is 5.53. The van der Waals surface area contributed by atoms with Gasteiger partial charge in [0.2, 0.25) is 0 Å². The molecule has 134 valence electrons. The number of fused-ring (bicyclic) bond motifs is 1. The number of hydrogen-bond donors (Lipinski definition) is 1. The van der Waals surface area contributed by atoms with E-state index in [0.717, 1.165) is 10.1 Å². The Kier molecular flexibility index (Phi) is 5.44. The van der Waals surface area contributed by atoms with E-state index in [4.69, 9.17) is 21.1 Å². The van der Waals surface area contributed by atoms with Gasteiger partial charge in [0.1, 0.15) is 10.6 Å². The molecule has 1 aromatic heterocycles. The van der Waals surface area contributed by atoms with Gasteiger partial charge < -0.3 is 14.8 Å². The molecule has 2 aromatic carbocycles. The van der Waals surface area contributed by atoms with Crippen molar-refractivity contribution < 1.29 is 19.1 Å². The standard InChI is InChI=1S/C19H16ClNO4S/c1-11(18(22)21-13-7-8-15(24-2)14(20)10-13)25-19(23)17-9-12-5-3-4-6-16(12)26-17/h3-11H,1-2H3,(H,21,22)/t11-/m0/s1. The van der Waals surface area contributed by atoms with Crippen molar-refractivity contribution >= 4 is 50.6 Å². The van der Waals surface area contributed by atoms with E-state index in [-0.39, 0.29) is 0 Å². The molecule has 7 heteroatoms. The van der Waals surface area contributed by atoms with E-state index < -0.39 is 18.0 Å². The maximum Gasteiger partial charge on any atom is 0.349 e. The van der Waals surface area contributed by atoms with Gasteiger partial charge in [0.15, 0.2) is 6.10 Å². The lowest BCUT2D eigenvalue weighted by atomic mass is 10.2. The van der Waals surface area contributed by atoms with Crippen molar-refractivity contribution in [3.05, 3.63) is 58.4 Å². The van der Waals surface area contributed by atoms with Crippen LogP contribution < -0.4 is 10.1 Å². The topological polar surface area (TPSA) is 64.6 Å². The van der Waals surface area contributed by atoms with Crippen LogP contribution >= 0.6 is 22.9 Å². The van der Waals surface area contributed by atoms with Gasteiger partial charge in [0.05, 0.1) is 12.1 Å². The third-order valence-corrected chi connectivity index (χ3v) is 5.09. The first-order valence-corrected chi connectivity index (χ1v) is 9.01. The van der Waals surface area contributed by atoms with Crippen molar-refractivity contribution in [2.24, 2.45) is 0 Å². The molecule has 3 aromatic rings. The number of anilines is 1. The second-order valence-corrected chi connectivity index (χ2v) is 7.03. The number of carbonyl (C=O) groups excluding carboxylic acids is 2. The number of hydrogen-bond acceptors (Lipinski definition) is 5. The number of carbonyl (C=O) groups is 2. The molecule has 0 radical (unpaired) electrons. The summed E-state index contributed by atoms with van der Waals surface area (Å²) in [7, 11) is 1.51. The van der Waals surface area contributed by atoms with Crippen LogP contribution in [-0.2, 0) is 9.53 Å². The Morgan fingerprint density at radius 3 is 2.62 bits per heavy atom. The molecular formula is C19H16ClNO4S. The molecule has 0 unspecified atom stereocenters. The first-order valence-electron chi connectivity index (χ1n) is 7.82. The summed E-state index contributed by atoms with van der Waals surface area (Å²) in [4.78, 5) is 25.0. The Morgan fingerprint density at radius 1 is 1.15 bits per heavy atom. The second kappa shape index (κ2) is 7.76. The van der Waals surface area contributed by atoms with Gasteiger partial charge in [-0.1, -0.05) is 29.8 Å². The molecule has 0 aliphatic rings. The summed E-state index contributed by atoms with van der Waals surface area (Å²) in [5.74, 6) is -0.462. The van der Waals surface area contributed by atoms with Crippen molar-refractivity contribution in [2.45, 2.75) is 13.0 Å². The molecule has 0 fully saturated rings. The van der Waals surface area contributed by atoms with Gasteiger partial charge >= 0.3 is 5.97 Å². The quantitative estimate of drug-likeness (QED) is 0.639. The molecular weight excluding hydrogens is 374 g/mol. The zero-order valence-corrected chi connectivity index (χ0v) is 15.7. The molecule has 1 amide bonds. The molecule has 0 aliphatic heterocycles. The fourth-order valence-electron chi connectivity index (χ4n) is 2.34. The Hall–Kier alpha value is -2.57. The van der Waals surface area contributed by atoms with Gasteiger partial charge in [-0.2, -0.15) is 0 Å². The van der Waals surface area contributed by atoms with E-state index in [1.807, 2.05) is 24.3 Å². The Balaban J connectivity index is 1.64. The molecule has 5 nitrogen and oxygen atoms in total. The highest BCUT2D eigenvalue weighted by molar-refractivity contribution is 7.20. The molecule has 0 spiro atoms. The third kappa shape index (κ3) is 3.98. The lowest BCUT2D eigenvalue weighted by molar-refractivity contribution is -0.123. The smallest absolute Gasteiger partial charge is 0.349 e. The molecule has 0 saturated carbocycles. The average Bonchev–Trinajstić information content (AvgIpc) is 3.06. The third-order valence-electron chi connectivity index (χ3n) is 3.70. The van der Waals surface area contributed by atoms with Gasteiger partial charge in [-0.05, 0) is 42.6 Å². The minimum absolute atomic E-state index is 0.375. The van der Waals surface area contributed by atoms with Crippen LogP contribution in [0.25, 0.3) is 10.1 Å². The zero-order chi connectivity index (χ0) is 18.7. The van der Waals surface area contributed by atoms with Gasteiger partial charge in [-0.25, -0.2) is 4.79 Å². The summed E-state index contributed by atoms with van der Waals surface area (Å²) < 4.78 is 11.3. The van der Waals surface area contributed by atoms with E-state index in [1.165, 1.54) is 25.4 Å². The van der Waals surface area contributed by atoms with E-state index >= 15 is 0 Å². The number of nitrogens with one attached hydrogen (secondary N) is 1. The van der Waals surface area contributed by atoms with Gasteiger partial charge in [0, 0.05) is 10.4 Å². The number of halogens is 1. The van der Waals surface area contributed by atoms with Crippen molar-refractivity contribution in [1.29, 1.82) is 0 Å². The van der Waals surface area contributed by atoms with Crippen LogP contribution in [0.2, 0.25) is 5.02 Å². The minimum atomic E-state index is -0.950. The van der Waals surface area contributed by atoms with Gasteiger partial charge in [0.25, 0.3) is 5.91 Å². The van der Waals surface area contributed by atoms with Crippen molar-refractivity contribution in [1.82, 2.24) is 0 Å². The first kappa shape index (κ1) is 18.2. The average molecular weight is 390 g/mol. The molecule has 1 N–H and O–H groups in total. The van der Waals surface area contributed by atoms with E-state index in [9.17, 15) is 9.59 Å². The number of benzene rings is 2. The largest absolute Gasteiger partial charge is 0.495 e. The van der Waals surface area contributed by atoms with Crippen LogP contribution in [0.3, 0.4) is 0 Å². The summed E-state index contributed by atoms with van der Waals surface area (Å²) in [6, 6.07) is 14.3. The lowest BCUT2D eigenvalue weighted by Gasteiger charge is -2.13. The molecule has 26 heavy (non-hydrogen) atoms. The Morgan fingerprint density at radius 2 is 1.92 bits per heavy atom. The predicted molar refractivity (Wildman–Crippen MR) is 103 cm³/mol. The van der Waals surface area contributed by atoms with E-state index in [0.29, 0.717) is 21.3 Å². The number of thiophene rings is 1. The maximum atomic E-state index is 12.3. The maximum absolute atomic E-state index is 12.3. The normalized spacial score (nSPS) is 11.8. The summed E-state index contributed by atoms with van der Waals surface area (Å²) >= 11 is 7.37. The van der Waals surface area contributed by atoms with Crippen LogP contribution in [0.5, 0.6) is 5.75 Å². The monoisotopic (exact) mass is 389 g/mol. The Bertz CT molecular complexity index is 936. The first-order chi connectivity index (χ1) is 12.5. The van der Waals surface area contributed by atoms with Crippen LogP contribution in [-0.4, -0.2) is 25.1 Å². The number of methoxy groups -OCH3 is 1. The van der Waals surface area contributed by atoms with Crippen LogP contribution in [0.15, 0.2) is 48.5 Å². The van der Waals surface area contributed by atoms with Crippen LogP contribution in [0.4, 0.5) is 5.69 Å². The molecule has 3 rings (SSSR count). The van der Waals surface area contributed by atoms with E-state index in [1.54, 1.807) is 24.3 Å². The SMILES string of the molecule is COc1ccc(NC(=O)[C@H](C)OC(=O)c2cc3ccccc3s2)cc1Cl. The molecule has 0 saturated heterocycles. The van der Waals surface area contributed by atoms with Crippen LogP contribution in [0.1, 0.15) is 16.6 Å². The Labute approximate surface area is 159 Å².